The molecular formula is C22H30O4. The minimum Gasteiger partial charge on any atom is -0.393 e. The van der Waals surface area contributed by atoms with Crippen LogP contribution < -0.4 is 0 Å². The molecule has 2 unspecified atom stereocenters. The van der Waals surface area contributed by atoms with Crippen molar-refractivity contribution < 1.29 is 19.4 Å². The summed E-state index contributed by atoms with van der Waals surface area (Å²) in [5.41, 5.74) is 0.866. The van der Waals surface area contributed by atoms with Crippen LogP contribution in [-0.4, -0.2) is 36.0 Å². The fourth-order valence-electron chi connectivity index (χ4n) is 7.53. The first-order chi connectivity index (χ1) is 12.3. The summed E-state index contributed by atoms with van der Waals surface area (Å²) in [7, 11) is 0. The summed E-state index contributed by atoms with van der Waals surface area (Å²) in [4.78, 5) is 12.0. The monoisotopic (exact) mass is 358 g/mol. The average Bonchev–Trinajstić information content (AvgIpc) is 3.16. The van der Waals surface area contributed by atoms with Crippen LogP contribution in [0.5, 0.6) is 0 Å². The van der Waals surface area contributed by atoms with Crippen LogP contribution in [0.1, 0.15) is 46.5 Å². The third-order valence-corrected chi connectivity index (χ3v) is 8.65. The lowest BCUT2D eigenvalue weighted by molar-refractivity contribution is -0.258. The number of aliphatic hydroxyl groups excluding tert-OH is 1. The van der Waals surface area contributed by atoms with Crippen LogP contribution in [0.25, 0.3) is 0 Å². The fraction of sp³-hybridized carbons (Fsp3) is 0.773. The number of hydrogen-bond acceptors (Lipinski definition) is 4. The van der Waals surface area contributed by atoms with Gasteiger partial charge in [0.1, 0.15) is 0 Å². The van der Waals surface area contributed by atoms with Crippen molar-refractivity contribution in [3.8, 4) is 0 Å². The average molecular weight is 358 g/mol. The zero-order valence-corrected chi connectivity index (χ0v) is 16.0. The Hall–Kier alpha value is -0.970. The summed E-state index contributed by atoms with van der Waals surface area (Å²) >= 11 is 0. The van der Waals surface area contributed by atoms with E-state index in [0.29, 0.717) is 31.0 Å². The maximum atomic E-state index is 12.0. The maximum absolute atomic E-state index is 12.0. The third-order valence-electron chi connectivity index (χ3n) is 8.65. The summed E-state index contributed by atoms with van der Waals surface area (Å²) < 4.78 is 12.4. The molecule has 0 bridgehead atoms. The summed E-state index contributed by atoms with van der Waals surface area (Å²) in [6, 6.07) is 0. The molecule has 4 fully saturated rings. The van der Waals surface area contributed by atoms with Crippen LogP contribution >= 0.6 is 0 Å². The topological polar surface area (TPSA) is 55.8 Å². The van der Waals surface area contributed by atoms with Gasteiger partial charge in [-0.3, -0.25) is 4.79 Å². The molecule has 0 aromatic heterocycles. The predicted molar refractivity (Wildman–Crippen MR) is 97.2 cm³/mol. The number of carbonyl (C=O) groups is 1. The molecule has 0 aromatic carbocycles. The quantitative estimate of drug-likeness (QED) is 0.722. The molecule has 3 saturated carbocycles. The van der Waals surface area contributed by atoms with Gasteiger partial charge in [0.25, 0.3) is 0 Å². The second-order valence-electron chi connectivity index (χ2n) is 9.76. The molecule has 5 rings (SSSR count). The van der Waals surface area contributed by atoms with E-state index >= 15 is 0 Å². The molecule has 1 heterocycles. The highest BCUT2D eigenvalue weighted by Crippen LogP contribution is 2.69. The van der Waals surface area contributed by atoms with Crippen molar-refractivity contribution in [2.75, 3.05) is 13.2 Å². The van der Waals surface area contributed by atoms with Gasteiger partial charge < -0.3 is 14.6 Å². The highest BCUT2D eigenvalue weighted by atomic mass is 16.7. The van der Waals surface area contributed by atoms with Crippen LogP contribution in [0, 0.1) is 34.5 Å². The van der Waals surface area contributed by atoms with Crippen LogP contribution in [0.4, 0.5) is 0 Å². The van der Waals surface area contributed by atoms with Gasteiger partial charge in [-0.05, 0) is 49.2 Å². The first kappa shape index (κ1) is 17.2. The van der Waals surface area contributed by atoms with E-state index in [1.165, 1.54) is 5.57 Å². The lowest BCUT2D eigenvalue weighted by Gasteiger charge is -2.61. The lowest BCUT2D eigenvalue weighted by atomic mass is 9.45. The Bertz CT molecular complexity index is 703. The predicted octanol–water partition coefficient (Wildman–Crippen LogP) is 3.25. The van der Waals surface area contributed by atoms with Crippen molar-refractivity contribution >= 4 is 5.78 Å². The zero-order valence-electron chi connectivity index (χ0n) is 16.0. The molecule has 0 radical (unpaired) electrons. The summed E-state index contributed by atoms with van der Waals surface area (Å²) in [5, 5.41) is 11.4. The van der Waals surface area contributed by atoms with E-state index in [9.17, 15) is 9.90 Å². The molecule has 4 aliphatic carbocycles. The van der Waals surface area contributed by atoms with Crippen LogP contribution in [-0.2, 0) is 14.3 Å². The minimum absolute atomic E-state index is 0.0887. The van der Waals surface area contributed by atoms with E-state index in [1.54, 1.807) is 6.08 Å². The molecule has 1 spiro atoms. The normalized spacial score (nSPS) is 51.8. The first-order valence-electron chi connectivity index (χ1n) is 10.2. The number of hydrogen-bond donors (Lipinski definition) is 1. The Morgan fingerprint density at radius 2 is 1.96 bits per heavy atom. The number of ketones is 1. The number of ether oxygens (including phenoxy) is 2. The van der Waals surface area contributed by atoms with Crippen LogP contribution in [0.2, 0.25) is 0 Å². The fourth-order valence-corrected chi connectivity index (χ4v) is 7.53. The minimum atomic E-state index is -0.501. The largest absolute Gasteiger partial charge is 0.393 e. The smallest absolute Gasteiger partial charge is 0.178 e. The van der Waals surface area contributed by atoms with Crippen LogP contribution in [0.15, 0.2) is 23.8 Å². The number of allylic oxidation sites excluding steroid dienone is 4. The van der Waals surface area contributed by atoms with E-state index in [0.717, 1.165) is 25.7 Å². The summed E-state index contributed by atoms with van der Waals surface area (Å²) in [6.07, 6.45) is 8.91. The van der Waals surface area contributed by atoms with Crippen LogP contribution in [0.3, 0.4) is 0 Å². The molecule has 4 heteroatoms. The van der Waals surface area contributed by atoms with Gasteiger partial charge >= 0.3 is 0 Å². The van der Waals surface area contributed by atoms with Crippen molar-refractivity contribution in [1.82, 2.24) is 0 Å². The molecule has 1 saturated heterocycles. The Morgan fingerprint density at radius 1 is 1.23 bits per heavy atom. The van der Waals surface area contributed by atoms with E-state index in [2.05, 4.69) is 26.8 Å². The van der Waals surface area contributed by atoms with Gasteiger partial charge in [0.2, 0.25) is 0 Å². The van der Waals surface area contributed by atoms with Gasteiger partial charge in [0, 0.05) is 23.2 Å². The van der Waals surface area contributed by atoms with Gasteiger partial charge in [-0.2, -0.15) is 0 Å². The van der Waals surface area contributed by atoms with Crippen molar-refractivity contribution in [3.05, 3.63) is 23.8 Å². The van der Waals surface area contributed by atoms with Gasteiger partial charge in [-0.15, -0.1) is 0 Å². The molecule has 0 amide bonds. The van der Waals surface area contributed by atoms with Crippen molar-refractivity contribution in [1.29, 1.82) is 0 Å². The van der Waals surface area contributed by atoms with Gasteiger partial charge in [-0.1, -0.05) is 32.4 Å². The Balaban J connectivity index is 1.59. The number of fused-ring (bicyclic) bond motifs is 6. The second kappa shape index (κ2) is 5.30. The lowest BCUT2D eigenvalue weighted by Crippen LogP contribution is -2.61. The number of carbonyl (C=O) groups excluding carboxylic acids is 1. The Morgan fingerprint density at radius 3 is 2.69 bits per heavy atom. The molecule has 142 valence electrons. The van der Waals surface area contributed by atoms with Crippen molar-refractivity contribution in [3.63, 3.8) is 0 Å². The molecule has 1 N–H and O–H groups in total. The number of aliphatic hydroxyl groups is 1. The van der Waals surface area contributed by atoms with Gasteiger partial charge in [0.15, 0.2) is 11.6 Å². The van der Waals surface area contributed by atoms with E-state index in [1.807, 2.05) is 6.08 Å². The maximum Gasteiger partial charge on any atom is 0.178 e. The molecule has 5 aliphatic rings. The van der Waals surface area contributed by atoms with Crippen molar-refractivity contribution in [2.24, 2.45) is 34.5 Å². The Labute approximate surface area is 155 Å². The highest BCUT2D eigenvalue weighted by Gasteiger charge is 2.69. The standard InChI is InChI=1S/C22H30O4/c1-13-10-14-11-15(23)4-6-20(14,2)19-17(24)12-21(3)16(18(13)19)5-7-22(21)25-8-9-26-22/h4,6,11,13,16-19,24H,5,7-10,12H2,1-3H3/t13?,16-,17?,18-,19-,20-,21-/m0/s1. The van der Waals surface area contributed by atoms with Gasteiger partial charge in [-0.25, -0.2) is 0 Å². The molecule has 4 nitrogen and oxygen atoms in total. The second-order valence-corrected chi connectivity index (χ2v) is 9.76. The highest BCUT2D eigenvalue weighted by molar-refractivity contribution is 6.01. The van der Waals surface area contributed by atoms with E-state index < -0.39 is 11.9 Å². The first-order valence-corrected chi connectivity index (χ1v) is 10.2. The zero-order chi connectivity index (χ0) is 18.3. The SMILES string of the molecule is CC1CC2=CC(=O)C=C[C@]2(C)[C@H]2C(O)C[C@@]3(C)[C@@H](CCC34OCCO4)[C@H]12. The summed E-state index contributed by atoms with van der Waals surface area (Å²) in [6.45, 7) is 8.15. The Kier molecular flexibility index (Phi) is 3.50. The van der Waals surface area contributed by atoms with Crippen molar-refractivity contribution in [2.45, 2.75) is 58.3 Å². The van der Waals surface area contributed by atoms with E-state index in [-0.39, 0.29) is 22.5 Å². The number of rotatable bonds is 0. The summed E-state index contributed by atoms with van der Waals surface area (Å²) in [5.74, 6) is 1.12. The molecule has 1 aliphatic heterocycles. The van der Waals surface area contributed by atoms with E-state index in [4.69, 9.17) is 9.47 Å². The van der Waals surface area contributed by atoms with Gasteiger partial charge in [0.05, 0.1) is 19.3 Å². The molecule has 0 aromatic rings. The third kappa shape index (κ3) is 1.93. The molecule has 26 heavy (non-hydrogen) atoms. The molecule has 7 atom stereocenters. The molecular weight excluding hydrogens is 328 g/mol.